The largest absolute Gasteiger partial charge is 0.396 e. The lowest BCUT2D eigenvalue weighted by Crippen LogP contribution is -2.29. The molecule has 0 aliphatic heterocycles. The number of aliphatic hydroxyl groups is 1. The zero-order chi connectivity index (χ0) is 14.5. The van der Waals surface area contributed by atoms with Gasteiger partial charge in [-0.2, -0.15) is 0 Å². The average molecular weight is 281 g/mol. The van der Waals surface area contributed by atoms with Crippen LogP contribution in [0, 0.1) is 5.41 Å². The molecule has 0 amide bonds. The molecule has 1 aliphatic carbocycles. The molecule has 0 radical (unpaired) electrons. The maximum absolute atomic E-state index is 9.21. The van der Waals surface area contributed by atoms with E-state index in [9.17, 15) is 5.11 Å². The minimum atomic E-state index is 0.226. The number of aliphatic hydroxyl groups excluding tert-OH is 1. The number of benzene rings is 2. The van der Waals surface area contributed by atoms with Gasteiger partial charge in [0.15, 0.2) is 0 Å². The monoisotopic (exact) mass is 281 g/mol. The smallest absolute Gasteiger partial charge is 0.0576 e. The molecule has 1 saturated carbocycles. The Labute approximate surface area is 126 Å². The second-order valence-corrected chi connectivity index (χ2v) is 6.11. The van der Waals surface area contributed by atoms with Crippen molar-refractivity contribution in [3.63, 3.8) is 0 Å². The highest BCUT2D eigenvalue weighted by atomic mass is 16.3. The Kier molecular flexibility index (Phi) is 4.37. The highest BCUT2D eigenvalue weighted by Crippen LogP contribution is 2.48. The fourth-order valence-corrected chi connectivity index (χ4v) is 2.97. The van der Waals surface area contributed by atoms with Crippen LogP contribution in [0.5, 0.6) is 0 Å². The first kappa shape index (κ1) is 14.3. The van der Waals surface area contributed by atoms with E-state index in [1.807, 2.05) is 0 Å². The normalized spacial score (nSPS) is 16.1. The topological polar surface area (TPSA) is 32.3 Å². The molecule has 0 spiro atoms. The summed E-state index contributed by atoms with van der Waals surface area (Å²) in [6.45, 7) is 1.27. The highest BCUT2D eigenvalue weighted by Gasteiger charge is 2.41. The fraction of sp³-hybridized carbons (Fsp3) is 0.368. The second-order valence-electron chi connectivity index (χ2n) is 6.11. The molecule has 2 nitrogen and oxygen atoms in total. The predicted octanol–water partition coefficient (Wildman–Crippen LogP) is 3.53. The van der Waals surface area contributed by atoms with Gasteiger partial charge in [0, 0.05) is 13.2 Å². The molecule has 0 atom stereocenters. The number of hydrogen-bond acceptors (Lipinski definition) is 2. The van der Waals surface area contributed by atoms with Crippen LogP contribution in [0.4, 0.5) is 0 Å². The van der Waals surface area contributed by atoms with Gasteiger partial charge in [-0.15, -0.1) is 0 Å². The third-order valence-corrected chi connectivity index (χ3v) is 4.55. The van der Waals surface area contributed by atoms with Gasteiger partial charge < -0.3 is 10.4 Å². The molecule has 2 N–H and O–H groups in total. The summed E-state index contributed by atoms with van der Waals surface area (Å²) in [6, 6.07) is 21.4. The maximum atomic E-state index is 9.21. The van der Waals surface area contributed by atoms with E-state index >= 15 is 0 Å². The first-order valence-electron chi connectivity index (χ1n) is 7.77. The van der Waals surface area contributed by atoms with E-state index in [0.29, 0.717) is 12.0 Å². The quantitative estimate of drug-likeness (QED) is 0.814. The molecule has 0 unspecified atom stereocenters. The predicted molar refractivity (Wildman–Crippen MR) is 86.1 cm³/mol. The zero-order valence-corrected chi connectivity index (χ0v) is 12.3. The van der Waals surface area contributed by atoms with Crippen LogP contribution in [0.25, 0.3) is 0 Å². The van der Waals surface area contributed by atoms with Crippen molar-refractivity contribution in [2.24, 2.45) is 5.41 Å². The van der Waals surface area contributed by atoms with Crippen molar-refractivity contribution in [3.8, 4) is 0 Å². The number of hydrogen-bond donors (Lipinski definition) is 2. The molecular weight excluding hydrogens is 258 g/mol. The molecule has 1 aliphatic rings. The summed E-state index contributed by atoms with van der Waals surface area (Å²) >= 11 is 0. The van der Waals surface area contributed by atoms with Crippen LogP contribution in [0.2, 0.25) is 0 Å². The Balaban J connectivity index is 1.77. The fourth-order valence-electron chi connectivity index (χ4n) is 2.97. The Morgan fingerprint density at radius 3 is 1.86 bits per heavy atom. The molecule has 0 saturated heterocycles. The van der Waals surface area contributed by atoms with E-state index < -0.39 is 0 Å². The minimum Gasteiger partial charge on any atom is -0.396 e. The second kappa shape index (κ2) is 6.42. The molecule has 3 rings (SSSR count). The first-order chi connectivity index (χ1) is 10.3. The van der Waals surface area contributed by atoms with E-state index in [-0.39, 0.29) is 6.04 Å². The molecule has 0 aromatic heterocycles. The van der Waals surface area contributed by atoms with Gasteiger partial charge in [0.2, 0.25) is 0 Å². The number of rotatable bonds is 7. The summed E-state index contributed by atoms with van der Waals surface area (Å²) in [7, 11) is 0. The van der Waals surface area contributed by atoms with Crippen molar-refractivity contribution in [1.82, 2.24) is 5.32 Å². The van der Waals surface area contributed by atoms with Crippen molar-refractivity contribution in [3.05, 3.63) is 71.8 Å². The summed E-state index contributed by atoms with van der Waals surface area (Å²) in [5.74, 6) is 0. The third-order valence-electron chi connectivity index (χ3n) is 4.55. The van der Waals surface area contributed by atoms with Crippen molar-refractivity contribution >= 4 is 0 Å². The number of nitrogens with one attached hydrogen (secondary N) is 1. The van der Waals surface area contributed by atoms with Crippen molar-refractivity contribution in [1.29, 1.82) is 0 Å². The molecular formula is C19H23NO. The average Bonchev–Trinajstić information content (AvgIpc) is 3.30. The molecule has 21 heavy (non-hydrogen) atoms. The van der Waals surface area contributed by atoms with Gasteiger partial charge in [-0.25, -0.2) is 0 Å². The Morgan fingerprint density at radius 2 is 1.43 bits per heavy atom. The molecule has 0 heterocycles. The van der Waals surface area contributed by atoms with Crippen LogP contribution in [0.3, 0.4) is 0 Å². The van der Waals surface area contributed by atoms with Gasteiger partial charge in [-0.3, -0.25) is 0 Å². The molecule has 0 bridgehead atoms. The van der Waals surface area contributed by atoms with Crippen LogP contribution in [-0.4, -0.2) is 18.3 Å². The van der Waals surface area contributed by atoms with Crippen molar-refractivity contribution < 1.29 is 5.11 Å². The van der Waals surface area contributed by atoms with E-state index in [1.54, 1.807) is 0 Å². The summed E-state index contributed by atoms with van der Waals surface area (Å²) in [6.07, 6.45) is 3.38. The van der Waals surface area contributed by atoms with E-state index in [0.717, 1.165) is 13.0 Å². The molecule has 2 aromatic rings. The standard InChI is InChI=1S/C19H23NO/c21-14-13-19(11-12-19)15-20-18(16-7-3-1-4-8-16)17-9-5-2-6-10-17/h1-10,18,20-21H,11-15H2. The van der Waals surface area contributed by atoms with Crippen LogP contribution >= 0.6 is 0 Å². The molecule has 1 fully saturated rings. The Bertz CT molecular complexity index is 509. The van der Waals surface area contributed by atoms with Crippen LogP contribution in [0.15, 0.2) is 60.7 Å². The molecule has 2 aromatic carbocycles. The Hall–Kier alpha value is -1.64. The van der Waals surface area contributed by atoms with Gasteiger partial charge in [0.05, 0.1) is 6.04 Å². The van der Waals surface area contributed by atoms with E-state index in [2.05, 4.69) is 66.0 Å². The lowest BCUT2D eigenvalue weighted by molar-refractivity contribution is 0.243. The van der Waals surface area contributed by atoms with Crippen LogP contribution < -0.4 is 5.32 Å². The first-order valence-corrected chi connectivity index (χ1v) is 7.77. The van der Waals surface area contributed by atoms with Gasteiger partial charge in [-0.05, 0) is 35.8 Å². The van der Waals surface area contributed by atoms with Crippen LogP contribution in [-0.2, 0) is 0 Å². The van der Waals surface area contributed by atoms with Crippen molar-refractivity contribution in [2.75, 3.05) is 13.2 Å². The lowest BCUT2D eigenvalue weighted by Gasteiger charge is -2.23. The van der Waals surface area contributed by atoms with E-state index in [1.165, 1.54) is 24.0 Å². The highest BCUT2D eigenvalue weighted by molar-refractivity contribution is 5.31. The van der Waals surface area contributed by atoms with Crippen LogP contribution in [0.1, 0.15) is 36.4 Å². The summed E-state index contributed by atoms with van der Waals surface area (Å²) in [5.41, 5.74) is 2.92. The molecule has 2 heteroatoms. The Morgan fingerprint density at radius 1 is 0.905 bits per heavy atom. The zero-order valence-electron chi connectivity index (χ0n) is 12.3. The van der Waals surface area contributed by atoms with Crippen molar-refractivity contribution in [2.45, 2.75) is 25.3 Å². The van der Waals surface area contributed by atoms with Gasteiger partial charge in [0.1, 0.15) is 0 Å². The molecule has 110 valence electrons. The summed E-state index contributed by atoms with van der Waals surface area (Å²) < 4.78 is 0. The minimum absolute atomic E-state index is 0.226. The summed E-state index contributed by atoms with van der Waals surface area (Å²) in [4.78, 5) is 0. The SMILES string of the molecule is OCCC1(CNC(c2ccccc2)c2ccccc2)CC1. The van der Waals surface area contributed by atoms with Gasteiger partial charge in [-0.1, -0.05) is 60.7 Å². The third kappa shape index (κ3) is 3.52. The lowest BCUT2D eigenvalue weighted by atomic mass is 9.96. The summed E-state index contributed by atoms with van der Waals surface area (Å²) in [5, 5.41) is 12.9. The van der Waals surface area contributed by atoms with Gasteiger partial charge >= 0.3 is 0 Å². The van der Waals surface area contributed by atoms with E-state index in [4.69, 9.17) is 0 Å². The maximum Gasteiger partial charge on any atom is 0.0576 e. The van der Waals surface area contributed by atoms with Gasteiger partial charge in [0.25, 0.3) is 0 Å².